The standard InChI is InChI=1S/C25H33N3O4S/c29-24(20-9-4-5-10-20)27(21-12-13-21)16-22-15-26-25(28(22)17-23-11-6-14-32-23)33(30,31)18-19-7-2-1-3-8-19/h1-3,7-8,15,20-21,23H,4-6,9-14,16-18H2/t23-/m0/s1. The van der Waals surface area contributed by atoms with Crippen molar-refractivity contribution in [1.82, 2.24) is 14.5 Å². The molecule has 2 aliphatic carbocycles. The molecule has 1 atom stereocenters. The van der Waals surface area contributed by atoms with Crippen molar-refractivity contribution in [2.45, 2.75) is 87.5 Å². The van der Waals surface area contributed by atoms with Gasteiger partial charge in [0.1, 0.15) is 0 Å². The predicted molar refractivity (Wildman–Crippen MR) is 124 cm³/mol. The van der Waals surface area contributed by atoms with Crippen LogP contribution in [0.5, 0.6) is 0 Å². The number of benzene rings is 1. The molecule has 1 aliphatic heterocycles. The molecule has 0 N–H and O–H groups in total. The highest BCUT2D eigenvalue weighted by molar-refractivity contribution is 7.90. The van der Waals surface area contributed by atoms with E-state index in [4.69, 9.17) is 4.74 Å². The monoisotopic (exact) mass is 471 g/mol. The molecule has 2 heterocycles. The second-order valence-electron chi connectivity index (χ2n) is 9.70. The highest BCUT2D eigenvalue weighted by Gasteiger charge is 2.38. The minimum atomic E-state index is -3.65. The average molecular weight is 472 g/mol. The van der Waals surface area contributed by atoms with Gasteiger partial charge in [0.15, 0.2) is 0 Å². The zero-order chi connectivity index (χ0) is 22.8. The number of sulfone groups is 1. The fraction of sp³-hybridized carbons (Fsp3) is 0.600. The summed E-state index contributed by atoms with van der Waals surface area (Å²) < 4.78 is 34.4. The Morgan fingerprint density at radius 2 is 1.82 bits per heavy atom. The van der Waals surface area contributed by atoms with E-state index in [1.54, 1.807) is 6.20 Å². The fourth-order valence-corrected chi connectivity index (χ4v) is 6.67. The third-order valence-electron chi connectivity index (χ3n) is 7.10. The molecular weight excluding hydrogens is 438 g/mol. The maximum absolute atomic E-state index is 13.4. The summed E-state index contributed by atoms with van der Waals surface area (Å²) >= 11 is 0. The van der Waals surface area contributed by atoms with Crippen LogP contribution in [0.2, 0.25) is 0 Å². The third kappa shape index (κ3) is 5.17. The van der Waals surface area contributed by atoms with Crippen molar-refractivity contribution in [2.75, 3.05) is 6.61 Å². The van der Waals surface area contributed by atoms with E-state index in [0.29, 0.717) is 19.7 Å². The first-order valence-corrected chi connectivity index (χ1v) is 13.9. The van der Waals surface area contributed by atoms with Gasteiger partial charge in [-0.2, -0.15) is 0 Å². The van der Waals surface area contributed by atoms with Gasteiger partial charge >= 0.3 is 0 Å². The normalized spacial score (nSPS) is 21.5. The van der Waals surface area contributed by atoms with Crippen LogP contribution in [0.25, 0.3) is 0 Å². The van der Waals surface area contributed by atoms with Gasteiger partial charge in [-0.25, -0.2) is 13.4 Å². The van der Waals surface area contributed by atoms with E-state index >= 15 is 0 Å². The molecule has 0 bridgehead atoms. The lowest BCUT2D eigenvalue weighted by Crippen LogP contribution is -2.37. The van der Waals surface area contributed by atoms with E-state index in [9.17, 15) is 13.2 Å². The summed E-state index contributed by atoms with van der Waals surface area (Å²) in [5.41, 5.74) is 1.53. The highest BCUT2D eigenvalue weighted by atomic mass is 32.2. The van der Waals surface area contributed by atoms with Crippen molar-refractivity contribution < 1.29 is 17.9 Å². The summed E-state index contributed by atoms with van der Waals surface area (Å²) in [7, 11) is -3.65. The molecule has 0 unspecified atom stereocenters. The number of rotatable bonds is 9. The molecule has 7 nitrogen and oxygen atoms in total. The largest absolute Gasteiger partial charge is 0.376 e. The molecule has 0 spiro atoms. The van der Waals surface area contributed by atoms with Crippen molar-refractivity contribution in [3.05, 3.63) is 47.8 Å². The van der Waals surface area contributed by atoms with Crippen LogP contribution in [0, 0.1) is 5.92 Å². The summed E-state index contributed by atoms with van der Waals surface area (Å²) in [5, 5.41) is 0.0842. The van der Waals surface area contributed by atoms with Crippen molar-refractivity contribution >= 4 is 15.7 Å². The molecular formula is C25H33N3O4S. The van der Waals surface area contributed by atoms with Crippen LogP contribution in [-0.4, -0.2) is 47.5 Å². The number of nitrogens with zero attached hydrogens (tertiary/aromatic N) is 3. The van der Waals surface area contributed by atoms with Crippen LogP contribution in [0.3, 0.4) is 0 Å². The Hall–Kier alpha value is -2.19. The maximum Gasteiger partial charge on any atom is 0.228 e. The van der Waals surface area contributed by atoms with Gasteiger partial charge in [-0.3, -0.25) is 4.79 Å². The van der Waals surface area contributed by atoms with Gasteiger partial charge in [0.25, 0.3) is 0 Å². The Morgan fingerprint density at radius 3 is 2.48 bits per heavy atom. The van der Waals surface area contributed by atoms with E-state index in [-0.39, 0.29) is 34.9 Å². The summed E-state index contributed by atoms with van der Waals surface area (Å²) in [6.45, 7) is 1.57. The SMILES string of the molecule is O=C(C1CCCC1)N(Cc1cnc(S(=O)(=O)Cc2ccccc2)n1C[C@@H]1CCCO1)C1CC1. The summed E-state index contributed by atoms with van der Waals surface area (Å²) in [6, 6.07) is 9.48. The molecule has 1 amide bonds. The Bertz CT molecular complexity index is 1070. The molecule has 2 aromatic rings. The van der Waals surface area contributed by atoms with Crippen LogP contribution in [0.1, 0.15) is 62.6 Å². The minimum absolute atomic E-state index is 0.0245. The van der Waals surface area contributed by atoms with Gasteiger partial charge in [-0.05, 0) is 44.1 Å². The van der Waals surface area contributed by atoms with Gasteiger partial charge in [-0.1, -0.05) is 43.2 Å². The van der Waals surface area contributed by atoms with Crippen LogP contribution >= 0.6 is 0 Å². The molecule has 3 aliphatic rings. The quantitative estimate of drug-likeness (QED) is 0.557. The molecule has 33 heavy (non-hydrogen) atoms. The second-order valence-corrected chi connectivity index (χ2v) is 11.6. The Kier molecular flexibility index (Phi) is 6.56. The van der Waals surface area contributed by atoms with E-state index in [2.05, 4.69) is 4.98 Å². The number of carbonyl (C=O) groups excluding carboxylic acids is 1. The van der Waals surface area contributed by atoms with Crippen LogP contribution in [0.4, 0.5) is 0 Å². The first-order valence-electron chi connectivity index (χ1n) is 12.2. The first kappa shape index (κ1) is 22.6. The zero-order valence-electron chi connectivity index (χ0n) is 19.1. The molecule has 178 valence electrons. The van der Waals surface area contributed by atoms with Crippen LogP contribution < -0.4 is 0 Å². The lowest BCUT2D eigenvalue weighted by Gasteiger charge is -2.26. The Morgan fingerprint density at radius 1 is 1.06 bits per heavy atom. The zero-order valence-corrected chi connectivity index (χ0v) is 19.9. The molecule has 3 fully saturated rings. The number of imidazole rings is 1. The van der Waals surface area contributed by atoms with Crippen molar-refractivity contribution in [3.8, 4) is 0 Å². The van der Waals surface area contributed by atoms with Crippen molar-refractivity contribution in [1.29, 1.82) is 0 Å². The number of hydrogen-bond donors (Lipinski definition) is 0. The number of aromatic nitrogens is 2. The average Bonchev–Trinajstić information content (AvgIpc) is 3.20. The summed E-state index contributed by atoms with van der Waals surface area (Å²) in [6.07, 6.45) is 9.74. The highest BCUT2D eigenvalue weighted by Crippen LogP contribution is 2.34. The summed E-state index contributed by atoms with van der Waals surface area (Å²) in [5.74, 6) is 0.248. The smallest absolute Gasteiger partial charge is 0.228 e. The van der Waals surface area contributed by atoms with Crippen LogP contribution in [-0.2, 0) is 38.2 Å². The lowest BCUT2D eigenvalue weighted by molar-refractivity contribution is -0.136. The summed E-state index contributed by atoms with van der Waals surface area (Å²) in [4.78, 5) is 19.7. The molecule has 1 aromatic heterocycles. The van der Waals surface area contributed by atoms with Crippen molar-refractivity contribution in [2.24, 2.45) is 5.92 Å². The molecule has 8 heteroatoms. The number of carbonyl (C=O) groups is 1. The van der Waals surface area contributed by atoms with Gasteiger partial charge in [0.2, 0.25) is 20.9 Å². The van der Waals surface area contributed by atoms with Gasteiger partial charge < -0.3 is 14.2 Å². The maximum atomic E-state index is 13.4. The third-order valence-corrected chi connectivity index (χ3v) is 8.69. The molecule has 1 saturated heterocycles. The lowest BCUT2D eigenvalue weighted by atomic mass is 10.1. The Balaban J connectivity index is 1.44. The predicted octanol–water partition coefficient (Wildman–Crippen LogP) is 3.72. The van der Waals surface area contributed by atoms with E-state index in [0.717, 1.165) is 62.6 Å². The van der Waals surface area contributed by atoms with E-state index < -0.39 is 9.84 Å². The second kappa shape index (κ2) is 9.58. The fourth-order valence-electron chi connectivity index (χ4n) is 5.17. The number of amides is 1. The number of hydrogen-bond acceptors (Lipinski definition) is 5. The topological polar surface area (TPSA) is 81.5 Å². The van der Waals surface area contributed by atoms with Gasteiger partial charge in [0.05, 0.1) is 36.8 Å². The first-order chi connectivity index (χ1) is 16.0. The molecule has 0 radical (unpaired) electrons. The van der Waals surface area contributed by atoms with Gasteiger partial charge in [-0.15, -0.1) is 0 Å². The Labute approximate surface area is 196 Å². The molecule has 1 aromatic carbocycles. The van der Waals surface area contributed by atoms with E-state index in [1.165, 1.54) is 0 Å². The molecule has 2 saturated carbocycles. The molecule has 5 rings (SSSR count). The van der Waals surface area contributed by atoms with Gasteiger partial charge in [0, 0.05) is 18.6 Å². The van der Waals surface area contributed by atoms with Crippen LogP contribution in [0.15, 0.2) is 41.7 Å². The van der Waals surface area contributed by atoms with Crippen molar-refractivity contribution in [3.63, 3.8) is 0 Å². The minimum Gasteiger partial charge on any atom is -0.376 e. The van der Waals surface area contributed by atoms with E-state index in [1.807, 2.05) is 39.8 Å². The number of ether oxygens (including phenoxy) is 1.